The Kier molecular flexibility index (Phi) is 6.92. The van der Waals surface area contributed by atoms with Gasteiger partial charge in [0.15, 0.2) is 0 Å². The van der Waals surface area contributed by atoms with E-state index in [-0.39, 0.29) is 12.3 Å². The predicted molar refractivity (Wildman–Crippen MR) is 102 cm³/mol. The van der Waals surface area contributed by atoms with Crippen LogP contribution in [-0.4, -0.2) is 29.1 Å². The molecular formula is C21H26N2O3. The lowest BCUT2D eigenvalue weighted by Gasteiger charge is -2.19. The zero-order valence-corrected chi connectivity index (χ0v) is 15.2. The molecule has 2 aromatic carbocycles. The number of rotatable bonds is 8. The summed E-state index contributed by atoms with van der Waals surface area (Å²) in [6.07, 6.45) is -0.523. The first-order chi connectivity index (χ1) is 12.4. The standard InChI is InChI=1S/C21H26N2O3/c1-14(2)12-19(24)21(26)23-18(20(22)25)13-15-8-10-17(11-9-15)16-6-4-3-5-7-16/h3-11,14,18-19,24H,12-13H2,1-2H3,(H2,22,25)(H,23,26)/t18-,19-/m0/s1. The first-order valence-electron chi connectivity index (χ1n) is 8.79. The van der Waals surface area contributed by atoms with Gasteiger partial charge in [0.1, 0.15) is 12.1 Å². The molecule has 5 heteroatoms. The van der Waals surface area contributed by atoms with Crippen molar-refractivity contribution < 1.29 is 14.7 Å². The molecule has 2 rings (SSSR count). The molecule has 5 nitrogen and oxygen atoms in total. The van der Waals surface area contributed by atoms with E-state index in [9.17, 15) is 14.7 Å². The summed E-state index contributed by atoms with van der Waals surface area (Å²) in [5, 5.41) is 12.4. The number of hydrogen-bond donors (Lipinski definition) is 3. The first kappa shape index (κ1) is 19.7. The zero-order chi connectivity index (χ0) is 19.1. The van der Waals surface area contributed by atoms with Crippen LogP contribution in [0.2, 0.25) is 0 Å². The summed E-state index contributed by atoms with van der Waals surface area (Å²) in [4.78, 5) is 23.8. The van der Waals surface area contributed by atoms with Gasteiger partial charge in [-0.05, 0) is 29.0 Å². The van der Waals surface area contributed by atoms with Gasteiger partial charge in [-0.1, -0.05) is 68.4 Å². The van der Waals surface area contributed by atoms with E-state index >= 15 is 0 Å². The fraction of sp³-hybridized carbons (Fsp3) is 0.333. The van der Waals surface area contributed by atoms with Gasteiger partial charge in [0.05, 0.1) is 0 Å². The minimum absolute atomic E-state index is 0.174. The highest BCUT2D eigenvalue weighted by Gasteiger charge is 2.23. The second-order valence-electron chi connectivity index (χ2n) is 6.88. The van der Waals surface area contributed by atoms with Crippen molar-refractivity contribution in [3.8, 4) is 11.1 Å². The summed E-state index contributed by atoms with van der Waals surface area (Å²) in [5.41, 5.74) is 8.48. The molecule has 0 aliphatic carbocycles. The van der Waals surface area contributed by atoms with E-state index in [2.05, 4.69) is 5.32 Å². The molecular weight excluding hydrogens is 328 g/mol. The molecule has 0 radical (unpaired) electrons. The van der Waals surface area contributed by atoms with Crippen LogP contribution in [0.25, 0.3) is 11.1 Å². The number of hydrogen-bond acceptors (Lipinski definition) is 3. The van der Waals surface area contributed by atoms with Gasteiger partial charge in [-0.15, -0.1) is 0 Å². The fourth-order valence-corrected chi connectivity index (χ4v) is 2.74. The number of carbonyl (C=O) groups excluding carboxylic acids is 2. The second-order valence-corrected chi connectivity index (χ2v) is 6.88. The highest BCUT2D eigenvalue weighted by Crippen LogP contribution is 2.19. The number of carbonyl (C=O) groups is 2. The number of nitrogens with one attached hydrogen (secondary N) is 1. The Balaban J connectivity index is 2.03. The van der Waals surface area contributed by atoms with Gasteiger partial charge < -0.3 is 16.2 Å². The maximum absolute atomic E-state index is 12.1. The largest absolute Gasteiger partial charge is 0.383 e. The van der Waals surface area contributed by atoms with Gasteiger partial charge in [-0.3, -0.25) is 9.59 Å². The lowest BCUT2D eigenvalue weighted by molar-refractivity contribution is -0.133. The van der Waals surface area contributed by atoms with Crippen molar-refractivity contribution >= 4 is 11.8 Å². The summed E-state index contributed by atoms with van der Waals surface area (Å²) >= 11 is 0. The zero-order valence-electron chi connectivity index (χ0n) is 15.2. The molecule has 0 heterocycles. The number of benzene rings is 2. The van der Waals surface area contributed by atoms with Crippen LogP contribution in [0.1, 0.15) is 25.8 Å². The van der Waals surface area contributed by atoms with Gasteiger partial charge in [0.25, 0.3) is 0 Å². The third-order valence-electron chi connectivity index (χ3n) is 4.16. The molecule has 2 atom stereocenters. The number of aliphatic hydroxyl groups is 1. The Labute approximate surface area is 154 Å². The fourth-order valence-electron chi connectivity index (χ4n) is 2.74. The van der Waals surface area contributed by atoms with E-state index in [0.717, 1.165) is 16.7 Å². The van der Waals surface area contributed by atoms with Crippen LogP contribution in [-0.2, 0) is 16.0 Å². The molecule has 0 saturated heterocycles. The van der Waals surface area contributed by atoms with E-state index in [1.807, 2.05) is 68.4 Å². The maximum Gasteiger partial charge on any atom is 0.249 e. The highest BCUT2D eigenvalue weighted by molar-refractivity contribution is 5.88. The summed E-state index contributed by atoms with van der Waals surface area (Å²) < 4.78 is 0. The highest BCUT2D eigenvalue weighted by atomic mass is 16.3. The lowest BCUT2D eigenvalue weighted by atomic mass is 10.00. The van der Waals surface area contributed by atoms with Gasteiger partial charge in [0, 0.05) is 6.42 Å². The molecule has 0 unspecified atom stereocenters. The maximum atomic E-state index is 12.1. The molecule has 0 aliphatic heterocycles. The molecule has 2 aromatic rings. The topological polar surface area (TPSA) is 92.4 Å². The summed E-state index contributed by atoms with van der Waals surface area (Å²) in [6.45, 7) is 3.83. The van der Waals surface area contributed by atoms with Crippen molar-refractivity contribution in [1.82, 2.24) is 5.32 Å². The average Bonchev–Trinajstić information content (AvgIpc) is 2.61. The van der Waals surface area contributed by atoms with Crippen LogP contribution in [0.4, 0.5) is 0 Å². The summed E-state index contributed by atoms with van der Waals surface area (Å²) in [5.74, 6) is -1.01. The van der Waals surface area contributed by atoms with E-state index in [1.54, 1.807) is 0 Å². The smallest absolute Gasteiger partial charge is 0.249 e. The van der Waals surface area contributed by atoms with Gasteiger partial charge in [0.2, 0.25) is 11.8 Å². The second kappa shape index (κ2) is 9.15. The van der Waals surface area contributed by atoms with Crippen LogP contribution in [0.5, 0.6) is 0 Å². The normalized spacial score (nSPS) is 13.2. The minimum atomic E-state index is -1.14. The number of amides is 2. The SMILES string of the molecule is CC(C)C[C@H](O)C(=O)N[C@@H](Cc1ccc(-c2ccccc2)cc1)C(N)=O. The molecule has 0 bridgehead atoms. The monoisotopic (exact) mass is 354 g/mol. The molecule has 0 saturated carbocycles. The Morgan fingerprint density at radius 2 is 1.58 bits per heavy atom. The van der Waals surface area contributed by atoms with Crippen LogP contribution in [0.15, 0.2) is 54.6 Å². The van der Waals surface area contributed by atoms with Crippen LogP contribution in [0, 0.1) is 5.92 Å². The van der Waals surface area contributed by atoms with E-state index < -0.39 is 24.0 Å². The molecule has 138 valence electrons. The molecule has 0 aliphatic rings. The van der Waals surface area contributed by atoms with Gasteiger partial charge in [-0.25, -0.2) is 0 Å². The van der Waals surface area contributed by atoms with Crippen molar-refractivity contribution in [2.24, 2.45) is 11.7 Å². The van der Waals surface area contributed by atoms with Crippen molar-refractivity contribution in [3.63, 3.8) is 0 Å². The third-order valence-corrected chi connectivity index (χ3v) is 4.16. The Hall–Kier alpha value is -2.66. The van der Waals surface area contributed by atoms with Gasteiger partial charge >= 0.3 is 0 Å². The van der Waals surface area contributed by atoms with E-state index in [0.29, 0.717) is 6.42 Å². The number of primary amides is 1. The van der Waals surface area contributed by atoms with Crippen LogP contribution < -0.4 is 11.1 Å². The lowest BCUT2D eigenvalue weighted by Crippen LogP contribution is -2.49. The van der Waals surface area contributed by atoms with Crippen molar-refractivity contribution in [1.29, 1.82) is 0 Å². The molecule has 0 fully saturated rings. The van der Waals surface area contributed by atoms with E-state index in [4.69, 9.17) is 5.73 Å². The molecule has 0 spiro atoms. The van der Waals surface area contributed by atoms with Crippen molar-refractivity contribution in [2.45, 2.75) is 38.8 Å². The molecule has 0 aromatic heterocycles. The van der Waals surface area contributed by atoms with Crippen LogP contribution in [0.3, 0.4) is 0 Å². The predicted octanol–water partition coefficient (Wildman–Crippen LogP) is 2.27. The molecule has 4 N–H and O–H groups in total. The van der Waals surface area contributed by atoms with E-state index in [1.165, 1.54) is 0 Å². The third kappa shape index (κ3) is 5.70. The summed E-state index contributed by atoms with van der Waals surface area (Å²) in [7, 11) is 0. The minimum Gasteiger partial charge on any atom is -0.383 e. The Bertz CT molecular complexity index is 727. The van der Waals surface area contributed by atoms with Crippen LogP contribution >= 0.6 is 0 Å². The average molecular weight is 354 g/mol. The summed E-state index contributed by atoms with van der Waals surface area (Å²) in [6, 6.07) is 16.9. The molecule has 26 heavy (non-hydrogen) atoms. The quantitative estimate of drug-likeness (QED) is 0.679. The van der Waals surface area contributed by atoms with Crippen molar-refractivity contribution in [2.75, 3.05) is 0 Å². The Morgan fingerprint density at radius 3 is 2.12 bits per heavy atom. The number of aliphatic hydroxyl groups excluding tert-OH is 1. The first-order valence-corrected chi connectivity index (χ1v) is 8.79. The number of nitrogens with two attached hydrogens (primary N) is 1. The van der Waals surface area contributed by atoms with Crippen molar-refractivity contribution in [3.05, 3.63) is 60.2 Å². The Morgan fingerprint density at radius 1 is 1.00 bits per heavy atom. The van der Waals surface area contributed by atoms with Gasteiger partial charge in [-0.2, -0.15) is 0 Å². The molecule has 2 amide bonds.